The van der Waals surface area contributed by atoms with E-state index in [4.69, 9.17) is 4.42 Å². The number of hydrogen-bond acceptors (Lipinski definition) is 6. The fraction of sp³-hybridized carbons (Fsp3) is 0.143. The number of amides is 4. The monoisotopic (exact) mass is 512 g/mol. The number of furan rings is 1. The van der Waals surface area contributed by atoms with Crippen LogP contribution in [0.4, 0.5) is 10.5 Å². The maximum atomic E-state index is 13.0. The number of nitrogens with zero attached hydrogens (tertiary/aromatic N) is 2. The molecule has 0 spiro atoms. The van der Waals surface area contributed by atoms with E-state index in [-0.39, 0.29) is 36.2 Å². The van der Waals surface area contributed by atoms with E-state index in [9.17, 15) is 19.2 Å². The van der Waals surface area contributed by atoms with Crippen LogP contribution in [0.1, 0.15) is 27.4 Å². The van der Waals surface area contributed by atoms with Crippen molar-refractivity contribution in [3.05, 3.63) is 95.2 Å². The molecule has 192 valence electrons. The number of imide groups is 1. The van der Waals surface area contributed by atoms with E-state index in [0.717, 1.165) is 21.4 Å². The Kier molecular flexibility index (Phi) is 6.53. The molecule has 2 aromatic heterocycles. The zero-order chi connectivity index (χ0) is 26.8. The second-order valence-electron chi connectivity index (χ2n) is 8.78. The number of benzene rings is 2. The minimum absolute atomic E-state index is 0.0236. The van der Waals surface area contributed by atoms with Crippen LogP contribution in [0.2, 0.25) is 0 Å². The number of aryl methyl sites for hydroxylation is 1. The molecule has 1 fully saturated rings. The zero-order valence-electron chi connectivity index (χ0n) is 20.7. The number of nitrogens with one attached hydrogen (secondary N) is 2. The van der Waals surface area contributed by atoms with Crippen molar-refractivity contribution in [1.82, 2.24) is 14.8 Å². The molecule has 10 nitrogen and oxygen atoms in total. The molecule has 2 aromatic carbocycles. The number of aromatic nitrogens is 1. The number of fused-ring (bicyclic) bond motifs is 1. The summed E-state index contributed by atoms with van der Waals surface area (Å²) in [5, 5.41) is 6.30. The molecule has 38 heavy (non-hydrogen) atoms. The molecule has 0 radical (unpaired) electrons. The molecule has 1 saturated heterocycles. The minimum Gasteiger partial charge on any atom is -0.463 e. The smallest absolute Gasteiger partial charge is 0.373 e. The second-order valence-corrected chi connectivity index (χ2v) is 8.78. The van der Waals surface area contributed by atoms with Gasteiger partial charge in [0.15, 0.2) is 0 Å². The SMILES string of the molecule is COC(=O)c1ccc(CN2C(=O)N/C(=C\c3cn(CC(=O)Nc4ccc(C)cc4)c4ccccc34)C2=O)o1. The summed E-state index contributed by atoms with van der Waals surface area (Å²) in [7, 11) is 1.23. The van der Waals surface area contributed by atoms with Gasteiger partial charge < -0.3 is 24.4 Å². The van der Waals surface area contributed by atoms with Crippen molar-refractivity contribution in [3.8, 4) is 0 Å². The second kappa shape index (κ2) is 10.1. The van der Waals surface area contributed by atoms with Crippen molar-refractivity contribution in [2.24, 2.45) is 0 Å². The molecular formula is C28H24N4O6. The molecule has 10 heteroatoms. The molecule has 0 aliphatic carbocycles. The van der Waals surface area contributed by atoms with Gasteiger partial charge in [0.25, 0.3) is 5.91 Å². The third-order valence-electron chi connectivity index (χ3n) is 6.09. The molecule has 0 bridgehead atoms. The van der Waals surface area contributed by atoms with Gasteiger partial charge in [0.05, 0.1) is 13.7 Å². The first-order valence-electron chi connectivity index (χ1n) is 11.8. The predicted octanol–water partition coefficient (Wildman–Crippen LogP) is 4.06. The molecule has 1 aliphatic rings. The summed E-state index contributed by atoms with van der Waals surface area (Å²) in [5.74, 6) is -1.16. The summed E-state index contributed by atoms with van der Waals surface area (Å²) >= 11 is 0. The molecule has 2 N–H and O–H groups in total. The number of methoxy groups -OCH3 is 1. The van der Waals surface area contributed by atoms with Crippen molar-refractivity contribution in [1.29, 1.82) is 0 Å². The summed E-state index contributed by atoms with van der Waals surface area (Å²) in [4.78, 5) is 50.9. The Morgan fingerprint density at radius 2 is 1.82 bits per heavy atom. The van der Waals surface area contributed by atoms with Crippen molar-refractivity contribution >= 4 is 46.5 Å². The van der Waals surface area contributed by atoms with E-state index in [1.165, 1.54) is 19.2 Å². The van der Waals surface area contributed by atoms with Gasteiger partial charge >= 0.3 is 12.0 Å². The van der Waals surface area contributed by atoms with E-state index in [1.54, 1.807) is 16.8 Å². The summed E-state index contributed by atoms with van der Waals surface area (Å²) < 4.78 is 11.8. The third kappa shape index (κ3) is 4.92. The van der Waals surface area contributed by atoms with Gasteiger partial charge in [-0.3, -0.25) is 14.5 Å². The van der Waals surface area contributed by atoms with Crippen molar-refractivity contribution in [2.75, 3.05) is 12.4 Å². The van der Waals surface area contributed by atoms with Crippen LogP contribution in [-0.4, -0.2) is 40.4 Å². The Hall–Kier alpha value is -5.12. The summed E-state index contributed by atoms with van der Waals surface area (Å²) in [5.41, 5.74) is 3.35. The van der Waals surface area contributed by atoms with Gasteiger partial charge in [0.1, 0.15) is 18.0 Å². The van der Waals surface area contributed by atoms with E-state index in [1.807, 2.05) is 55.5 Å². The predicted molar refractivity (Wildman–Crippen MR) is 139 cm³/mol. The average Bonchev–Trinajstić information content (AvgIpc) is 3.59. The molecule has 0 saturated carbocycles. The highest BCUT2D eigenvalue weighted by molar-refractivity contribution is 6.14. The van der Waals surface area contributed by atoms with Crippen molar-refractivity contribution < 1.29 is 28.3 Å². The molecular weight excluding hydrogens is 488 g/mol. The number of ether oxygens (including phenoxy) is 1. The fourth-order valence-electron chi connectivity index (χ4n) is 4.21. The van der Waals surface area contributed by atoms with E-state index in [2.05, 4.69) is 15.4 Å². The van der Waals surface area contributed by atoms with E-state index in [0.29, 0.717) is 11.3 Å². The van der Waals surface area contributed by atoms with Gasteiger partial charge in [-0.2, -0.15) is 0 Å². The van der Waals surface area contributed by atoms with Crippen molar-refractivity contribution in [3.63, 3.8) is 0 Å². The van der Waals surface area contributed by atoms with Gasteiger partial charge in [0, 0.05) is 28.4 Å². The summed E-state index contributed by atoms with van der Waals surface area (Å²) in [6.45, 7) is 1.88. The maximum Gasteiger partial charge on any atom is 0.373 e. The van der Waals surface area contributed by atoms with Crippen LogP contribution >= 0.6 is 0 Å². The lowest BCUT2D eigenvalue weighted by atomic mass is 10.1. The van der Waals surface area contributed by atoms with Gasteiger partial charge in [0.2, 0.25) is 11.7 Å². The molecule has 4 amide bonds. The van der Waals surface area contributed by atoms with Crippen LogP contribution in [0.25, 0.3) is 17.0 Å². The van der Waals surface area contributed by atoms with Crippen LogP contribution in [0.3, 0.4) is 0 Å². The van der Waals surface area contributed by atoms with Gasteiger partial charge in [-0.15, -0.1) is 0 Å². The van der Waals surface area contributed by atoms with Crippen LogP contribution < -0.4 is 10.6 Å². The Morgan fingerprint density at radius 1 is 1.05 bits per heavy atom. The summed E-state index contributed by atoms with van der Waals surface area (Å²) in [6.07, 6.45) is 3.35. The lowest BCUT2D eigenvalue weighted by molar-refractivity contribution is -0.123. The first kappa shape index (κ1) is 24.6. The van der Waals surface area contributed by atoms with E-state index >= 15 is 0 Å². The Labute approximate surface area is 217 Å². The molecule has 3 heterocycles. The minimum atomic E-state index is -0.655. The highest BCUT2D eigenvalue weighted by atomic mass is 16.5. The fourth-order valence-corrected chi connectivity index (χ4v) is 4.21. The number of para-hydroxylation sites is 1. The maximum absolute atomic E-state index is 13.0. The van der Waals surface area contributed by atoms with Crippen LogP contribution in [-0.2, 0) is 27.4 Å². The molecule has 0 atom stereocenters. The topological polar surface area (TPSA) is 123 Å². The number of carbonyl (C=O) groups excluding carboxylic acids is 4. The van der Waals surface area contributed by atoms with Gasteiger partial charge in [-0.1, -0.05) is 35.9 Å². The van der Waals surface area contributed by atoms with Crippen LogP contribution in [0.15, 0.2) is 77.0 Å². The number of hydrogen-bond donors (Lipinski definition) is 2. The Morgan fingerprint density at radius 3 is 2.58 bits per heavy atom. The summed E-state index contributed by atoms with van der Waals surface area (Å²) in [6, 6.07) is 17.3. The highest BCUT2D eigenvalue weighted by Gasteiger charge is 2.34. The van der Waals surface area contributed by atoms with Crippen LogP contribution in [0.5, 0.6) is 0 Å². The largest absolute Gasteiger partial charge is 0.463 e. The number of rotatable bonds is 7. The third-order valence-corrected chi connectivity index (χ3v) is 6.09. The number of carbonyl (C=O) groups is 4. The molecule has 0 unspecified atom stereocenters. The number of anilines is 1. The quantitative estimate of drug-likeness (QED) is 0.219. The van der Waals surface area contributed by atoms with E-state index < -0.39 is 17.9 Å². The first-order valence-corrected chi connectivity index (χ1v) is 11.8. The first-order chi connectivity index (χ1) is 18.3. The normalized spacial score (nSPS) is 14.3. The van der Waals surface area contributed by atoms with Crippen LogP contribution in [0, 0.1) is 6.92 Å². The molecule has 5 rings (SSSR count). The molecule has 1 aliphatic heterocycles. The van der Waals surface area contributed by atoms with Gasteiger partial charge in [-0.05, 0) is 43.3 Å². The lowest BCUT2D eigenvalue weighted by Gasteiger charge is -2.09. The Bertz CT molecular complexity index is 1600. The number of urea groups is 1. The highest BCUT2D eigenvalue weighted by Crippen LogP contribution is 2.26. The standard InChI is InChI=1S/C28H24N4O6/c1-17-7-9-19(10-8-17)29-25(33)16-31-14-18(21-5-3-4-6-23(21)31)13-22-26(34)32(28(36)30-22)15-20-11-12-24(38-20)27(35)37-2/h3-14H,15-16H2,1-2H3,(H,29,33)(H,30,36)/b22-13-. The molecule has 4 aromatic rings. The van der Waals surface area contributed by atoms with Gasteiger partial charge in [-0.25, -0.2) is 9.59 Å². The zero-order valence-corrected chi connectivity index (χ0v) is 20.7. The average molecular weight is 513 g/mol. The van der Waals surface area contributed by atoms with Crippen molar-refractivity contribution in [2.45, 2.75) is 20.0 Å². The lowest BCUT2D eigenvalue weighted by Crippen LogP contribution is -2.30. The Balaban J connectivity index is 1.36. The number of esters is 1.